The summed E-state index contributed by atoms with van der Waals surface area (Å²) >= 11 is 0. The Morgan fingerprint density at radius 3 is 2.75 bits per heavy atom. The molecule has 110 valence electrons. The molecule has 1 aromatic rings. The maximum Gasteiger partial charge on any atom is 0.433 e. The van der Waals surface area contributed by atoms with E-state index in [0.29, 0.717) is 6.54 Å². The maximum absolute atomic E-state index is 10.5. The van der Waals surface area contributed by atoms with E-state index in [-0.39, 0.29) is 17.6 Å². The average molecular weight is 282 g/mol. The van der Waals surface area contributed by atoms with E-state index in [2.05, 4.69) is 5.10 Å². The Morgan fingerprint density at radius 1 is 1.55 bits per heavy atom. The molecule has 0 atom stereocenters. The SMILES string of the molecule is CN(C)CCCN(/N=C\c1ccc([N+](=O)[O-])o1)C(=N)N. The number of nitrogens with one attached hydrogen (secondary N) is 1. The summed E-state index contributed by atoms with van der Waals surface area (Å²) in [5.74, 6) is -0.315. The zero-order valence-corrected chi connectivity index (χ0v) is 11.4. The van der Waals surface area contributed by atoms with E-state index in [1.165, 1.54) is 23.4 Å². The molecule has 3 N–H and O–H groups in total. The Balaban J connectivity index is 2.61. The minimum atomic E-state index is -0.628. The zero-order valence-electron chi connectivity index (χ0n) is 11.4. The van der Waals surface area contributed by atoms with Crippen LogP contribution in [0.4, 0.5) is 5.88 Å². The van der Waals surface area contributed by atoms with Gasteiger partial charge in [-0.2, -0.15) is 5.10 Å². The Kier molecular flexibility index (Phi) is 5.66. The van der Waals surface area contributed by atoms with Gasteiger partial charge in [-0.25, -0.2) is 5.01 Å². The lowest BCUT2D eigenvalue weighted by Gasteiger charge is -2.17. The summed E-state index contributed by atoms with van der Waals surface area (Å²) in [6.07, 6.45) is 2.08. The molecule has 0 bridgehead atoms. The molecule has 1 aromatic heterocycles. The van der Waals surface area contributed by atoms with Gasteiger partial charge in [0.1, 0.15) is 4.92 Å². The van der Waals surface area contributed by atoms with Crippen molar-refractivity contribution in [2.45, 2.75) is 6.42 Å². The Labute approximate surface area is 116 Å². The van der Waals surface area contributed by atoms with E-state index in [0.717, 1.165) is 13.0 Å². The van der Waals surface area contributed by atoms with Crippen molar-refractivity contribution in [1.29, 1.82) is 5.41 Å². The van der Waals surface area contributed by atoms with E-state index in [1.54, 1.807) is 0 Å². The first-order chi connectivity index (χ1) is 9.40. The number of nitro groups is 1. The molecular formula is C11H18N6O3. The summed E-state index contributed by atoms with van der Waals surface area (Å²) in [7, 11) is 3.90. The second-order valence-corrected chi connectivity index (χ2v) is 4.34. The third-order valence-corrected chi connectivity index (χ3v) is 2.37. The van der Waals surface area contributed by atoms with Crippen LogP contribution in [0.2, 0.25) is 0 Å². The van der Waals surface area contributed by atoms with Crippen LogP contribution in [0, 0.1) is 15.5 Å². The van der Waals surface area contributed by atoms with Gasteiger partial charge in [0, 0.05) is 6.54 Å². The fraction of sp³-hybridized carbons (Fsp3) is 0.455. The Hall–Kier alpha value is -2.42. The average Bonchev–Trinajstić information content (AvgIpc) is 2.81. The predicted octanol–water partition coefficient (Wildman–Crippen LogP) is 0.669. The number of nitrogens with two attached hydrogens (primary N) is 1. The molecule has 0 aliphatic carbocycles. The molecule has 1 heterocycles. The van der Waals surface area contributed by atoms with Gasteiger partial charge in [0.2, 0.25) is 5.96 Å². The molecule has 0 fully saturated rings. The quantitative estimate of drug-likeness (QED) is 0.327. The maximum atomic E-state index is 10.5. The number of hydrazone groups is 1. The van der Waals surface area contributed by atoms with Gasteiger partial charge in [0.25, 0.3) is 0 Å². The monoisotopic (exact) mass is 282 g/mol. The van der Waals surface area contributed by atoms with Crippen LogP contribution >= 0.6 is 0 Å². The topological polar surface area (TPSA) is 125 Å². The molecule has 9 nitrogen and oxygen atoms in total. The first kappa shape index (κ1) is 15.6. The van der Waals surface area contributed by atoms with E-state index in [1.807, 2.05) is 19.0 Å². The summed E-state index contributed by atoms with van der Waals surface area (Å²) in [5, 5.41) is 23.2. The second kappa shape index (κ2) is 7.24. The summed E-state index contributed by atoms with van der Waals surface area (Å²) < 4.78 is 4.92. The Bertz CT molecular complexity index is 496. The molecule has 0 amide bonds. The minimum absolute atomic E-state index is 0.193. The van der Waals surface area contributed by atoms with Crippen molar-refractivity contribution in [2.24, 2.45) is 10.8 Å². The number of nitrogens with zero attached hydrogens (tertiary/aromatic N) is 4. The first-order valence-electron chi connectivity index (χ1n) is 5.94. The van der Waals surface area contributed by atoms with Crippen LogP contribution in [0.3, 0.4) is 0 Å². The van der Waals surface area contributed by atoms with Crippen molar-refractivity contribution in [3.05, 3.63) is 28.0 Å². The molecule has 0 saturated carbocycles. The van der Waals surface area contributed by atoms with E-state index < -0.39 is 4.92 Å². The molecule has 9 heteroatoms. The van der Waals surface area contributed by atoms with E-state index in [9.17, 15) is 10.1 Å². The highest BCUT2D eigenvalue weighted by Gasteiger charge is 2.11. The third-order valence-electron chi connectivity index (χ3n) is 2.37. The Morgan fingerprint density at radius 2 is 2.25 bits per heavy atom. The van der Waals surface area contributed by atoms with Crippen molar-refractivity contribution in [1.82, 2.24) is 9.91 Å². The van der Waals surface area contributed by atoms with Gasteiger partial charge in [-0.15, -0.1) is 0 Å². The predicted molar refractivity (Wildman–Crippen MR) is 74.7 cm³/mol. The molecule has 0 aliphatic heterocycles. The van der Waals surface area contributed by atoms with Gasteiger partial charge in [-0.3, -0.25) is 15.5 Å². The minimum Gasteiger partial charge on any atom is -0.400 e. The largest absolute Gasteiger partial charge is 0.433 e. The van der Waals surface area contributed by atoms with Crippen molar-refractivity contribution >= 4 is 18.1 Å². The van der Waals surface area contributed by atoms with E-state index >= 15 is 0 Å². The standard InChI is InChI=1S/C11H18N6O3/c1-15(2)6-3-7-16(11(12)13)14-8-9-4-5-10(20-9)17(18)19/h4-5,8H,3,6-7H2,1-2H3,(H3,12,13)/b14-8-. The lowest BCUT2D eigenvalue weighted by Crippen LogP contribution is -2.34. The normalized spacial score (nSPS) is 11.2. The molecular weight excluding hydrogens is 264 g/mol. The molecule has 0 aromatic carbocycles. The van der Waals surface area contributed by atoms with Crippen LogP contribution < -0.4 is 5.73 Å². The van der Waals surface area contributed by atoms with Crippen LogP contribution in [-0.2, 0) is 0 Å². The molecule has 0 spiro atoms. The summed E-state index contributed by atoms with van der Waals surface area (Å²) in [4.78, 5) is 11.8. The summed E-state index contributed by atoms with van der Waals surface area (Å²) in [6, 6.07) is 2.67. The van der Waals surface area contributed by atoms with Gasteiger partial charge in [-0.05, 0) is 33.1 Å². The van der Waals surface area contributed by atoms with Gasteiger partial charge < -0.3 is 15.1 Å². The number of hydrogen-bond donors (Lipinski definition) is 2. The second-order valence-electron chi connectivity index (χ2n) is 4.34. The van der Waals surface area contributed by atoms with Gasteiger partial charge >= 0.3 is 5.88 Å². The summed E-state index contributed by atoms with van der Waals surface area (Å²) in [6.45, 7) is 1.32. The third kappa shape index (κ3) is 5.06. The van der Waals surface area contributed by atoms with Crippen LogP contribution in [0.5, 0.6) is 0 Å². The number of furan rings is 1. The highest BCUT2D eigenvalue weighted by Crippen LogP contribution is 2.13. The van der Waals surface area contributed by atoms with Crippen molar-refractivity contribution in [3.63, 3.8) is 0 Å². The van der Waals surface area contributed by atoms with Gasteiger partial charge in [-0.1, -0.05) is 0 Å². The molecule has 0 saturated heterocycles. The number of hydrogen-bond acceptors (Lipinski definition) is 6. The van der Waals surface area contributed by atoms with Crippen molar-refractivity contribution < 1.29 is 9.34 Å². The van der Waals surface area contributed by atoms with Gasteiger partial charge in [0.05, 0.1) is 12.3 Å². The highest BCUT2D eigenvalue weighted by molar-refractivity contribution is 5.80. The fourth-order valence-electron chi connectivity index (χ4n) is 1.41. The molecule has 0 aliphatic rings. The highest BCUT2D eigenvalue weighted by atomic mass is 16.6. The van der Waals surface area contributed by atoms with Crippen molar-refractivity contribution in [2.75, 3.05) is 27.2 Å². The molecule has 0 radical (unpaired) electrons. The first-order valence-corrected chi connectivity index (χ1v) is 5.94. The van der Waals surface area contributed by atoms with Crippen LogP contribution in [0.15, 0.2) is 21.7 Å². The fourth-order valence-corrected chi connectivity index (χ4v) is 1.41. The van der Waals surface area contributed by atoms with Crippen LogP contribution in [0.1, 0.15) is 12.2 Å². The molecule has 20 heavy (non-hydrogen) atoms. The number of rotatable bonds is 7. The van der Waals surface area contributed by atoms with Gasteiger partial charge in [0.15, 0.2) is 5.76 Å². The smallest absolute Gasteiger partial charge is 0.400 e. The molecule has 0 unspecified atom stereocenters. The van der Waals surface area contributed by atoms with Crippen LogP contribution in [-0.4, -0.2) is 54.2 Å². The lowest BCUT2D eigenvalue weighted by molar-refractivity contribution is -0.402. The lowest BCUT2D eigenvalue weighted by atomic mass is 10.4. The van der Waals surface area contributed by atoms with E-state index in [4.69, 9.17) is 15.6 Å². The molecule has 1 rings (SSSR count). The number of guanidine groups is 1. The zero-order chi connectivity index (χ0) is 15.1. The van der Waals surface area contributed by atoms with Crippen molar-refractivity contribution in [3.8, 4) is 0 Å². The van der Waals surface area contributed by atoms with Crippen LogP contribution in [0.25, 0.3) is 0 Å². The summed E-state index contributed by atoms with van der Waals surface area (Å²) in [5.41, 5.74) is 5.41.